The van der Waals surface area contributed by atoms with Gasteiger partial charge >= 0.3 is 0 Å². The summed E-state index contributed by atoms with van der Waals surface area (Å²) >= 11 is 0. The molecule has 10 heteroatoms. The highest BCUT2D eigenvalue weighted by atomic mass is 32.2. The number of halogens is 3. The van der Waals surface area contributed by atoms with Crippen molar-refractivity contribution in [3.63, 3.8) is 0 Å². The molecule has 1 atom stereocenters. The van der Waals surface area contributed by atoms with E-state index in [0.29, 0.717) is 0 Å². The average Bonchev–Trinajstić information content (AvgIpc) is 2.73. The number of hydrogen-bond donors (Lipinski definition) is 0. The Labute approximate surface area is 155 Å². The van der Waals surface area contributed by atoms with Crippen molar-refractivity contribution in [3.8, 4) is 0 Å². The topological polar surface area (TPSA) is 71.5 Å². The molecule has 0 bridgehead atoms. The second-order valence-corrected chi connectivity index (χ2v) is 10.3. The maximum absolute atomic E-state index is 14.1. The van der Waals surface area contributed by atoms with Crippen LogP contribution in [0.5, 0.6) is 0 Å². The lowest BCUT2D eigenvalue weighted by molar-refractivity contribution is 0.416. The minimum atomic E-state index is -4.59. The normalized spacial score (nSPS) is 20.9. The van der Waals surface area contributed by atoms with Crippen LogP contribution in [0.25, 0.3) is 0 Å². The van der Waals surface area contributed by atoms with Gasteiger partial charge < -0.3 is 0 Å². The van der Waals surface area contributed by atoms with Crippen molar-refractivity contribution >= 4 is 19.9 Å². The molecule has 0 aliphatic carbocycles. The van der Waals surface area contributed by atoms with Crippen LogP contribution in [-0.4, -0.2) is 40.0 Å². The maximum Gasteiger partial charge on any atom is 0.248 e. The minimum Gasteiger partial charge on any atom is -0.228 e. The zero-order chi connectivity index (χ0) is 19.8. The minimum absolute atomic E-state index is 0.0474. The van der Waals surface area contributed by atoms with E-state index in [0.717, 1.165) is 28.6 Å². The molecule has 2 aromatic rings. The van der Waals surface area contributed by atoms with E-state index in [1.807, 2.05) is 0 Å². The van der Waals surface area contributed by atoms with Crippen LogP contribution in [0, 0.1) is 17.5 Å². The van der Waals surface area contributed by atoms with E-state index in [2.05, 4.69) is 0 Å². The van der Waals surface area contributed by atoms with Crippen LogP contribution < -0.4 is 0 Å². The lowest BCUT2D eigenvalue weighted by Crippen LogP contribution is -2.34. The molecule has 1 heterocycles. The molecule has 0 aromatic heterocycles. The summed E-state index contributed by atoms with van der Waals surface area (Å²) in [6.07, 6.45) is -0.224. The zero-order valence-corrected chi connectivity index (χ0v) is 15.6. The van der Waals surface area contributed by atoms with Gasteiger partial charge in [-0.2, -0.15) is 4.31 Å². The first-order chi connectivity index (χ1) is 12.6. The van der Waals surface area contributed by atoms with E-state index >= 15 is 0 Å². The predicted octanol–water partition coefficient (Wildman–Crippen LogP) is 2.65. The Hall–Kier alpha value is -1.91. The third kappa shape index (κ3) is 3.74. The van der Waals surface area contributed by atoms with Crippen molar-refractivity contribution in [3.05, 3.63) is 65.5 Å². The molecule has 0 radical (unpaired) electrons. The molecule has 3 rings (SSSR count). The molecule has 0 saturated carbocycles. The molecule has 1 aliphatic heterocycles. The average molecular weight is 419 g/mol. The van der Waals surface area contributed by atoms with Crippen molar-refractivity contribution in [2.45, 2.75) is 16.6 Å². The molecule has 5 nitrogen and oxygen atoms in total. The van der Waals surface area contributed by atoms with Gasteiger partial charge in [0, 0.05) is 18.7 Å². The van der Waals surface area contributed by atoms with Crippen molar-refractivity contribution in [1.29, 1.82) is 0 Å². The largest absolute Gasteiger partial charge is 0.248 e. The Bertz CT molecular complexity index is 1050. The van der Waals surface area contributed by atoms with Crippen molar-refractivity contribution in [2.75, 3.05) is 18.8 Å². The molecule has 2 aromatic carbocycles. The number of hydrogen-bond acceptors (Lipinski definition) is 4. The summed E-state index contributed by atoms with van der Waals surface area (Å²) in [5, 5.41) is -1.23. The molecule has 1 unspecified atom stereocenters. The molecule has 1 fully saturated rings. The van der Waals surface area contributed by atoms with E-state index < -0.39 is 59.8 Å². The van der Waals surface area contributed by atoms with Gasteiger partial charge in [0.2, 0.25) is 10.0 Å². The molecule has 1 saturated heterocycles. The summed E-state index contributed by atoms with van der Waals surface area (Å²) in [5.74, 6) is -3.80. The van der Waals surface area contributed by atoms with Crippen LogP contribution in [0.1, 0.15) is 17.2 Å². The first kappa shape index (κ1) is 19.8. The molecule has 146 valence electrons. The molecule has 1 aliphatic rings. The van der Waals surface area contributed by atoms with Crippen LogP contribution in [0.3, 0.4) is 0 Å². The van der Waals surface area contributed by atoms with E-state index in [1.54, 1.807) is 0 Å². The van der Waals surface area contributed by atoms with Crippen molar-refractivity contribution < 1.29 is 30.0 Å². The van der Waals surface area contributed by atoms with Gasteiger partial charge in [-0.3, -0.25) is 0 Å². The molecule has 27 heavy (non-hydrogen) atoms. The number of sulfonamides is 1. The van der Waals surface area contributed by atoms with Gasteiger partial charge in [-0.05, 0) is 24.6 Å². The second-order valence-electron chi connectivity index (χ2n) is 6.12. The Kier molecular flexibility index (Phi) is 5.33. The summed E-state index contributed by atoms with van der Waals surface area (Å²) in [6, 6.07) is 8.02. The Morgan fingerprint density at radius 2 is 1.48 bits per heavy atom. The molecular formula is C17H16F3NO4S2. The van der Waals surface area contributed by atoms with Crippen LogP contribution >= 0.6 is 0 Å². The Morgan fingerprint density at radius 1 is 0.889 bits per heavy atom. The molecule has 0 amide bonds. The van der Waals surface area contributed by atoms with Crippen LogP contribution in [0.15, 0.2) is 47.4 Å². The highest BCUT2D eigenvalue weighted by Crippen LogP contribution is 2.33. The van der Waals surface area contributed by atoms with Crippen molar-refractivity contribution in [2.24, 2.45) is 0 Å². The highest BCUT2D eigenvalue weighted by Gasteiger charge is 2.38. The first-order valence-corrected chi connectivity index (χ1v) is 11.2. The second kappa shape index (κ2) is 7.25. The Morgan fingerprint density at radius 3 is 2.11 bits per heavy atom. The SMILES string of the molecule is O=S1(=O)CCN(S(=O)(=O)c2c(F)cccc2F)CCC1c1ccccc1F. The fraction of sp³-hybridized carbons (Fsp3) is 0.294. The fourth-order valence-electron chi connectivity index (χ4n) is 3.11. The molecule has 0 N–H and O–H groups in total. The lowest BCUT2D eigenvalue weighted by atomic mass is 10.1. The van der Waals surface area contributed by atoms with Gasteiger partial charge in [0.1, 0.15) is 17.5 Å². The van der Waals surface area contributed by atoms with Gasteiger partial charge in [0.15, 0.2) is 14.7 Å². The summed E-state index contributed by atoms with van der Waals surface area (Å²) in [7, 11) is -8.45. The molecular weight excluding hydrogens is 403 g/mol. The zero-order valence-electron chi connectivity index (χ0n) is 14.0. The van der Waals surface area contributed by atoms with Gasteiger partial charge in [0.25, 0.3) is 0 Å². The third-order valence-corrected chi connectivity index (χ3v) is 8.53. The Balaban J connectivity index is 1.97. The quantitative estimate of drug-likeness (QED) is 0.767. The summed E-state index contributed by atoms with van der Waals surface area (Å²) in [5.41, 5.74) is -0.0474. The lowest BCUT2D eigenvalue weighted by Gasteiger charge is -2.20. The van der Waals surface area contributed by atoms with E-state index in [-0.39, 0.29) is 18.5 Å². The van der Waals surface area contributed by atoms with Gasteiger partial charge in [-0.25, -0.2) is 30.0 Å². The van der Waals surface area contributed by atoms with Crippen LogP contribution in [0.4, 0.5) is 13.2 Å². The van der Waals surface area contributed by atoms with E-state index in [4.69, 9.17) is 0 Å². The number of benzene rings is 2. The van der Waals surface area contributed by atoms with Crippen LogP contribution in [0.2, 0.25) is 0 Å². The standard InChI is InChI=1S/C17H16F3NO4S2/c18-13-5-2-1-4-12(13)16-8-9-21(10-11-26(16,22)23)27(24,25)17-14(19)6-3-7-15(17)20/h1-7,16H,8-11H2. The highest BCUT2D eigenvalue weighted by molar-refractivity contribution is 7.92. The first-order valence-electron chi connectivity index (χ1n) is 8.05. The monoisotopic (exact) mass is 419 g/mol. The summed E-state index contributed by atoms with van der Waals surface area (Å²) < 4.78 is 93.1. The van der Waals surface area contributed by atoms with Crippen molar-refractivity contribution in [1.82, 2.24) is 4.31 Å². The number of rotatable bonds is 3. The van der Waals surface area contributed by atoms with Gasteiger partial charge in [-0.15, -0.1) is 0 Å². The van der Waals surface area contributed by atoms with Gasteiger partial charge in [-0.1, -0.05) is 24.3 Å². The van der Waals surface area contributed by atoms with Gasteiger partial charge in [0.05, 0.1) is 11.0 Å². The summed E-state index contributed by atoms with van der Waals surface area (Å²) in [6.45, 7) is -0.780. The number of sulfone groups is 1. The summed E-state index contributed by atoms with van der Waals surface area (Å²) in [4.78, 5) is -1.12. The maximum atomic E-state index is 14.1. The fourth-order valence-corrected chi connectivity index (χ4v) is 6.59. The third-order valence-electron chi connectivity index (χ3n) is 4.47. The predicted molar refractivity (Wildman–Crippen MR) is 92.7 cm³/mol. The smallest absolute Gasteiger partial charge is 0.228 e. The molecule has 0 spiro atoms. The van der Waals surface area contributed by atoms with Crippen LogP contribution in [-0.2, 0) is 19.9 Å². The van der Waals surface area contributed by atoms with E-state index in [1.165, 1.54) is 18.2 Å². The van der Waals surface area contributed by atoms with E-state index in [9.17, 15) is 30.0 Å². The number of nitrogens with zero attached hydrogens (tertiary/aromatic N) is 1.